The smallest absolute Gasteiger partial charge is 0.255 e. The standard InChI is InChI=1S/C22H31ClN2O3/c23-16-7-8-21(20(14-16)22(26)24-15-19-6-3-13-27-19)28-18-9-11-25(12-10-18)17-4-1-2-5-17/h7-8,14,17-19H,1-6,9-13,15H2,(H,24,26)/t19-/m0/s1. The summed E-state index contributed by atoms with van der Waals surface area (Å²) in [5.74, 6) is 0.491. The van der Waals surface area contributed by atoms with Crippen LogP contribution in [-0.2, 0) is 4.74 Å². The van der Waals surface area contributed by atoms with Crippen LogP contribution in [0, 0.1) is 0 Å². The summed E-state index contributed by atoms with van der Waals surface area (Å²) in [6.07, 6.45) is 9.79. The average Bonchev–Trinajstić information content (AvgIpc) is 3.42. The van der Waals surface area contributed by atoms with E-state index in [4.69, 9.17) is 21.1 Å². The maximum Gasteiger partial charge on any atom is 0.255 e. The molecule has 3 aliphatic rings. The van der Waals surface area contributed by atoms with E-state index in [1.165, 1.54) is 25.7 Å². The van der Waals surface area contributed by atoms with Gasteiger partial charge < -0.3 is 19.7 Å². The fourth-order valence-electron chi connectivity index (χ4n) is 4.70. The van der Waals surface area contributed by atoms with Crippen LogP contribution < -0.4 is 10.1 Å². The summed E-state index contributed by atoms with van der Waals surface area (Å²) in [5, 5.41) is 3.53. The number of halogens is 1. The van der Waals surface area contributed by atoms with Crippen molar-refractivity contribution in [3.63, 3.8) is 0 Å². The van der Waals surface area contributed by atoms with Crippen molar-refractivity contribution >= 4 is 17.5 Å². The van der Waals surface area contributed by atoms with Crippen molar-refractivity contribution < 1.29 is 14.3 Å². The van der Waals surface area contributed by atoms with Crippen molar-refractivity contribution in [2.24, 2.45) is 0 Å². The predicted octanol–water partition coefficient (Wildman–Crippen LogP) is 4.03. The molecule has 1 atom stereocenters. The van der Waals surface area contributed by atoms with Gasteiger partial charge in [0, 0.05) is 37.3 Å². The van der Waals surface area contributed by atoms with E-state index in [9.17, 15) is 4.79 Å². The molecule has 1 aliphatic carbocycles. The van der Waals surface area contributed by atoms with Crippen LogP contribution in [0.15, 0.2) is 18.2 Å². The van der Waals surface area contributed by atoms with Crippen LogP contribution in [0.4, 0.5) is 0 Å². The minimum Gasteiger partial charge on any atom is -0.489 e. The number of likely N-dealkylation sites (tertiary alicyclic amines) is 1. The molecule has 0 spiro atoms. The van der Waals surface area contributed by atoms with E-state index in [1.807, 2.05) is 6.07 Å². The molecule has 0 radical (unpaired) electrons. The lowest BCUT2D eigenvalue weighted by Gasteiger charge is -2.36. The Morgan fingerprint density at radius 3 is 2.64 bits per heavy atom. The number of ether oxygens (including phenoxy) is 2. The van der Waals surface area contributed by atoms with Crippen LogP contribution in [0.25, 0.3) is 0 Å². The third-order valence-corrected chi connectivity index (χ3v) is 6.55. The molecule has 1 saturated carbocycles. The SMILES string of the molecule is O=C(NC[C@@H]1CCCO1)c1cc(Cl)ccc1OC1CCN(C2CCCC2)CC1. The fourth-order valence-corrected chi connectivity index (χ4v) is 4.87. The van der Waals surface area contributed by atoms with E-state index >= 15 is 0 Å². The minimum absolute atomic E-state index is 0.118. The number of carbonyl (C=O) groups excluding carboxylic acids is 1. The molecule has 1 N–H and O–H groups in total. The summed E-state index contributed by atoms with van der Waals surface area (Å²) in [4.78, 5) is 15.4. The van der Waals surface area contributed by atoms with E-state index in [2.05, 4.69) is 10.2 Å². The molecule has 0 aromatic heterocycles. The van der Waals surface area contributed by atoms with Gasteiger partial charge in [-0.15, -0.1) is 0 Å². The van der Waals surface area contributed by atoms with Gasteiger partial charge >= 0.3 is 0 Å². The molecule has 5 nitrogen and oxygen atoms in total. The second kappa shape index (κ2) is 9.47. The van der Waals surface area contributed by atoms with Gasteiger partial charge in [-0.3, -0.25) is 4.79 Å². The third kappa shape index (κ3) is 5.00. The summed E-state index contributed by atoms with van der Waals surface area (Å²) >= 11 is 6.16. The molecular weight excluding hydrogens is 376 g/mol. The van der Waals surface area contributed by atoms with E-state index in [0.29, 0.717) is 22.9 Å². The first-order chi connectivity index (χ1) is 13.7. The summed E-state index contributed by atoms with van der Waals surface area (Å²) in [5.41, 5.74) is 0.517. The number of piperidine rings is 1. The van der Waals surface area contributed by atoms with E-state index in [-0.39, 0.29) is 18.1 Å². The van der Waals surface area contributed by atoms with Crippen LogP contribution in [-0.4, -0.2) is 55.3 Å². The maximum atomic E-state index is 12.7. The lowest BCUT2D eigenvalue weighted by Crippen LogP contribution is -2.43. The number of rotatable bonds is 6. The highest BCUT2D eigenvalue weighted by molar-refractivity contribution is 6.31. The van der Waals surface area contributed by atoms with Crippen molar-refractivity contribution in [2.45, 2.75) is 69.6 Å². The molecule has 28 heavy (non-hydrogen) atoms. The quantitative estimate of drug-likeness (QED) is 0.774. The number of nitrogens with one attached hydrogen (secondary N) is 1. The topological polar surface area (TPSA) is 50.8 Å². The van der Waals surface area contributed by atoms with Crippen molar-refractivity contribution in [3.05, 3.63) is 28.8 Å². The Hall–Kier alpha value is -1.30. The van der Waals surface area contributed by atoms with Crippen LogP contribution in [0.1, 0.15) is 61.7 Å². The zero-order valence-corrected chi connectivity index (χ0v) is 17.3. The van der Waals surface area contributed by atoms with Gasteiger partial charge in [-0.25, -0.2) is 0 Å². The van der Waals surface area contributed by atoms with Gasteiger partial charge in [0.25, 0.3) is 5.91 Å². The van der Waals surface area contributed by atoms with Gasteiger partial charge in [0.15, 0.2) is 0 Å². The van der Waals surface area contributed by atoms with Crippen molar-refractivity contribution in [3.8, 4) is 5.75 Å². The zero-order valence-electron chi connectivity index (χ0n) is 16.5. The first-order valence-electron chi connectivity index (χ1n) is 10.8. The number of nitrogens with zero attached hydrogens (tertiary/aromatic N) is 1. The van der Waals surface area contributed by atoms with Crippen LogP contribution >= 0.6 is 11.6 Å². The van der Waals surface area contributed by atoms with Crippen LogP contribution in [0.3, 0.4) is 0 Å². The molecule has 0 bridgehead atoms. The average molecular weight is 407 g/mol. The van der Waals surface area contributed by atoms with Gasteiger partial charge in [0.05, 0.1) is 11.7 Å². The number of carbonyl (C=O) groups is 1. The predicted molar refractivity (Wildman–Crippen MR) is 110 cm³/mol. The summed E-state index contributed by atoms with van der Waals surface area (Å²) in [6, 6.07) is 6.10. The first-order valence-corrected chi connectivity index (χ1v) is 11.2. The molecule has 1 aromatic carbocycles. The first kappa shape index (κ1) is 20.0. The summed E-state index contributed by atoms with van der Waals surface area (Å²) in [7, 11) is 0. The molecule has 2 aliphatic heterocycles. The normalized spacial score (nSPS) is 24.5. The Morgan fingerprint density at radius 2 is 1.93 bits per heavy atom. The molecule has 154 valence electrons. The van der Waals surface area contributed by atoms with Crippen molar-refractivity contribution in [1.29, 1.82) is 0 Å². The van der Waals surface area contributed by atoms with E-state index in [0.717, 1.165) is 51.4 Å². The Balaban J connectivity index is 1.34. The van der Waals surface area contributed by atoms with E-state index < -0.39 is 0 Å². The molecule has 2 heterocycles. The Morgan fingerprint density at radius 1 is 1.14 bits per heavy atom. The minimum atomic E-state index is -0.142. The van der Waals surface area contributed by atoms with Gasteiger partial charge in [-0.2, -0.15) is 0 Å². The second-order valence-corrected chi connectivity index (χ2v) is 8.71. The van der Waals surface area contributed by atoms with Gasteiger partial charge in [0.1, 0.15) is 11.9 Å². The molecule has 1 amide bonds. The summed E-state index contributed by atoms with van der Waals surface area (Å²) in [6.45, 7) is 3.49. The largest absolute Gasteiger partial charge is 0.489 e. The lowest BCUT2D eigenvalue weighted by molar-refractivity contribution is 0.0741. The lowest BCUT2D eigenvalue weighted by atomic mass is 10.0. The molecule has 2 saturated heterocycles. The van der Waals surface area contributed by atoms with Crippen LogP contribution in [0.5, 0.6) is 5.75 Å². The van der Waals surface area contributed by atoms with E-state index in [1.54, 1.807) is 12.1 Å². The highest BCUT2D eigenvalue weighted by atomic mass is 35.5. The number of benzene rings is 1. The third-order valence-electron chi connectivity index (χ3n) is 6.31. The maximum absolute atomic E-state index is 12.7. The second-order valence-electron chi connectivity index (χ2n) is 8.28. The molecule has 1 aromatic rings. The van der Waals surface area contributed by atoms with Gasteiger partial charge in [-0.05, 0) is 56.7 Å². The fraction of sp³-hybridized carbons (Fsp3) is 0.682. The molecule has 0 unspecified atom stereocenters. The Bertz CT molecular complexity index is 664. The Kier molecular flexibility index (Phi) is 6.76. The Labute approximate surface area is 172 Å². The van der Waals surface area contributed by atoms with Crippen molar-refractivity contribution in [2.75, 3.05) is 26.2 Å². The zero-order chi connectivity index (χ0) is 19.3. The molecule has 3 fully saturated rings. The highest BCUT2D eigenvalue weighted by Gasteiger charge is 2.28. The highest BCUT2D eigenvalue weighted by Crippen LogP contribution is 2.29. The molecule has 4 rings (SSSR count). The van der Waals surface area contributed by atoms with Crippen molar-refractivity contribution in [1.82, 2.24) is 10.2 Å². The van der Waals surface area contributed by atoms with Crippen LogP contribution in [0.2, 0.25) is 5.02 Å². The number of hydrogen-bond acceptors (Lipinski definition) is 4. The molecule has 6 heteroatoms. The van der Waals surface area contributed by atoms with Gasteiger partial charge in [0.2, 0.25) is 0 Å². The number of amides is 1. The van der Waals surface area contributed by atoms with Gasteiger partial charge in [-0.1, -0.05) is 24.4 Å². The number of hydrogen-bond donors (Lipinski definition) is 1. The molecular formula is C22H31ClN2O3. The monoisotopic (exact) mass is 406 g/mol. The summed E-state index contributed by atoms with van der Waals surface area (Å²) < 4.78 is 11.9.